The molecular weight excluding hydrogens is 424 g/mol. The summed E-state index contributed by atoms with van der Waals surface area (Å²) >= 11 is 0.986. The molecule has 7 nitrogen and oxygen atoms in total. The molecule has 0 aliphatic carbocycles. The summed E-state index contributed by atoms with van der Waals surface area (Å²) in [5.41, 5.74) is 2.91. The minimum atomic E-state index is -4.04. The molecule has 0 spiro atoms. The van der Waals surface area contributed by atoms with Crippen molar-refractivity contribution in [3.05, 3.63) is 45.3 Å². The van der Waals surface area contributed by atoms with Crippen LogP contribution in [0.5, 0.6) is 0 Å². The van der Waals surface area contributed by atoms with Crippen LogP contribution in [0, 0.1) is 25.7 Å². The van der Waals surface area contributed by atoms with Crippen LogP contribution < -0.4 is 4.72 Å². The van der Waals surface area contributed by atoms with Gasteiger partial charge in [0.15, 0.2) is 4.21 Å². The average molecular weight is 447 g/mol. The molecule has 1 aromatic carbocycles. The molecule has 0 fully saturated rings. The van der Waals surface area contributed by atoms with Gasteiger partial charge in [0.1, 0.15) is 0 Å². The lowest BCUT2D eigenvalue weighted by Gasteiger charge is -2.25. The predicted octanol–water partition coefficient (Wildman–Crippen LogP) is 2.86. The molecule has 0 unspecified atom stereocenters. The Morgan fingerprint density at radius 3 is 2.47 bits per heavy atom. The summed E-state index contributed by atoms with van der Waals surface area (Å²) in [6, 6.07) is 5.38. The van der Waals surface area contributed by atoms with E-state index in [1.807, 2.05) is 19.9 Å². The lowest BCUT2D eigenvalue weighted by atomic mass is 10.0. The van der Waals surface area contributed by atoms with Gasteiger partial charge in [-0.1, -0.05) is 12.0 Å². The van der Waals surface area contributed by atoms with E-state index >= 15 is 0 Å². The van der Waals surface area contributed by atoms with Crippen LogP contribution in [0.2, 0.25) is 0 Å². The first-order chi connectivity index (χ1) is 14.2. The predicted molar refractivity (Wildman–Crippen MR) is 115 cm³/mol. The van der Waals surface area contributed by atoms with Crippen LogP contribution in [-0.4, -0.2) is 38.8 Å². The first-order valence-corrected chi connectivity index (χ1v) is 11.5. The lowest BCUT2D eigenvalue weighted by Crippen LogP contribution is -2.34. The number of ether oxygens (including phenoxy) is 1. The quantitative estimate of drug-likeness (QED) is 0.576. The van der Waals surface area contributed by atoms with Crippen LogP contribution in [0.25, 0.3) is 0 Å². The molecule has 2 aromatic rings. The van der Waals surface area contributed by atoms with Gasteiger partial charge in [0.2, 0.25) is 0 Å². The first-order valence-electron chi connectivity index (χ1n) is 9.22. The summed E-state index contributed by atoms with van der Waals surface area (Å²) in [4.78, 5) is 26.8. The Morgan fingerprint density at radius 2 is 1.87 bits per heavy atom. The molecule has 1 aromatic heterocycles. The van der Waals surface area contributed by atoms with Gasteiger partial charge in [0, 0.05) is 17.1 Å². The number of nitrogens with one attached hydrogen (secondary N) is 1. The molecular formula is C21H22N2O5S2. The van der Waals surface area contributed by atoms with Crippen molar-refractivity contribution in [1.29, 1.82) is 0 Å². The second kappa shape index (κ2) is 8.50. The van der Waals surface area contributed by atoms with Crippen molar-refractivity contribution in [3.63, 3.8) is 0 Å². The molecule has 1 aliphatic rings. The molecule has 3 rings (SSSR count). The highest BCUT2D eigenvalue weighted by atomic mass is 32.2. The number of carbonyl (C=O) groups excluding carboxylic acids is 2. The largest absolute Gasteiger partial charge is 0.465 e. The number of methoxy groups -OCH3 is 1. The fourth-order valence-electron chi connectivity index (χ4n) is 3.47. The fraction of sp³-hybridized carbons (Fsp3) is 0.333. The van der Waals surface area contributed by atoms with Crippen LogP contribution in [0.1, 0.15) is 38.8 Å². The number of benzene rings is 1. The maximum atomic E-state index is 13.2. The monoisotopic (exact) mass is 446 g/mol. The maximum Gasteiger partial charge on any atom is 0.340 e. The van der Waals surface area contributed by atoms with Crippen LogP contribution >= 0.6 is 11.3 Å². The molecule has 1 amide bonds. The number of thiophene rings is 1. The molecule has 9 heteroatoms. The summed E-state index contributed by atoms with van der Waals surface area (Å²) in [5, 5.41) is 0. The van der Waals surface area contributed by atoms with Crippen molar-refractivity contribution in [2.45, 2.75) is 37.9 Å². The molecule has 0 bridgehead atoms. The standard InChI is InChI=1S/C21H22N2O5S2/c1-5-6-18(24)23-8-7-16-17(12-23)29-21(19(16)20(25)28-4)30(26,27)22-15-10-13(2)9-14(3)11-15/h9-11,22H,7-8,12H2,1-4H3. The normalized spacial score (nSPS) is 13.1. The molecule has 0 radical (unpaired) electrons. The molecule has 1 N–H and O–H groups in total. The van der Waals surface area contributed by atoms with E-state index in [2.05, 4.69) is 16.6 Å². The second-order valence-corrected chi connectivity index (χ2v) is 9.97. The summed E-state index contributed by atoms with van der Waals surface area (Å²) in [6.45, 7) is 5.89. The molecule has 0 saturated heterocycles. The molecule has 0 saturated carbocycles. The molecule has 1 aliphatic heterocycles. The number of sulfonamides is 1. The van der Waals surface area contributed by atoms with Crippen LogP contribution in [0.4, 0.5) is 5.69 Å². The zero-order valence-corrected chi connectivity index (χ0v) is 18.8. The van der Waals surface area contributed by atoms with Crippen LogP contribution in [0.3, 0.4) is 0 Å². The number of nitrogens with zero attached hydrogens (tertiary/aromatic N) is 1. The van der Waals surface area contributed by atoms with E-state index in [0.29, 0.717) is 29.1 Å². The molecule has 30 heavy (non-hydrogen) atoms. The zero-order valence-electron chi connectivity index (χ0n) is 17.2. The minimum absolute atomic E-state index is 0.0445. The number of aryl methyl sites for hydroxylation is 2. The average Bonchev–Trinajstić information content (AvgIpc) is 3.06. The number of hydrogen-bond acceptors (Lipinski definition) is 6. The third-order valence-electron chi connectivity index (χ3n) is 4.65. The Bertz CT molecular complexity index is 1170. The number of amides is 1. The van der Waals surface area contributed by atoms with Crippen molar-refractivity contribution in [3.8, 4) is 11.8 Å². The highest BCUT2D eigenvalue weighted by Gasteiger charge is 2.35. The molecule has 158 valence electrons. The summed E-state index contributed by atoms with van der Waals surface area (Å²) < 4.78 is 33.7. The number of esters is 1. The van der Waals surface area contributed by atoms with Gasteiger partial charge in [-0.2, -0.15) is 0 Å². The van der Waals surface area contributed by atoms with Crippen molar-refractivity contribution in [2.24, 2.45) is 0 Å². The van der Waals surface area contributed by atoms with Crippen LogP contribution in [-0.2, 0) is 32.5 Å². The Balaban J connectivity index is 2.04. The third-order valence-corrected chi connectivity index (χ3v) is 7.77. The van der Waals surface area contributed by atoms with Crippen LogP contribution in [0.15, 0.2) is 22.4 Å². The number of fused-ring (bicyclic) bond motifs is 1. The smallest absolute Gasteiger partial charge is 0.340 e. The van der Waals surface area contributed by atoms with E-state index in [0.717, 1.165) is 22.5 Å². The first kappa shape index (κ1) is 21.9. The van der Waals surface area contributed by atoms with Gasteiger partial charge < -0.3 is 9.64 Å². The number of rotatable bonds is 4. The Morgan fingerprint density at radius 1 is 1.20 bits per heavy atom. The van der Waals surface area contributed by atoms with Crippen molar-refractivity contribution in [1.82, 2.24) is 4.90 Å². The van der Waals surface area contributed by atoms with E-state index < -0.39 is 16.0 Å². The van der Waals surface area contributed by atoms with E-state index in [9.17, 15) is 18.0 Å². The van der Waals surface area contributed by atoms with Gasteiger partial charge in [0.25, 0.3) is 15.9 Å². The highest BCUT2D eigenvalue weighted by Crippen LogP contribution is 2.37. The van der Waals surface area contributed by atoms with Crippen molar-refractivity contribution < 1.29 is 22.7 Å². The Labute approximate surface area is 180 Å². The lowest BCUT2D eigenvalue weighted by molar-refractivity contribution is -0.125. The Kier molecular flexibility index (Phi) is 6.19. The van der Waals surface area contributed by atoms with Gasteiger partial charge in [-0.05, 0) is 61.9 Å². The maximum absolute atomic E-state index is 13.2. The third kappa shape index (κ3) is 4.35. The van der Waals surface area contributed by atoms with Gasteiger partial charge in [-0.15, -0.1) is 11.3 Å². The SMILES string of the molecule is CC#CC(=O)N1CCc2c(sc(S(=O)(=O)Nc3cc(C)cc(C)c3)c2C(=O)OC)C1. The summed E-state index contributed by atoms with van der Waals surface area (Å²) in [5.74, 6) is 4.04. The summed E-state index contributed by atoms with van der Waals surface area (Å²) in [7, 11) is -2.82. The highest BCUT2D eigenvalue weighted by molar-refractivity contribution is 7.94. The molecule has 0 atom stereocenters. The number of carbonyl (C=O) groups is 2. The number of hydrogen-bond donors (Lipinski definition) is 1. The van der Waals surface area contributed by atoms with Gasteiger partial charge in [0.05, 0.1) is 19.2 Å². The van der Waals surface area contributed by atoms with Crippen molar-refractivity contribution in [2.75, 3.05) is 18.4 Å². The van der Waals surface area contributed by atoms with E-state index in [4.69, 9.17) is 4.74 Å². The van der Waals surface area contributed by atoms with E-state index in [1.54, 1.807) is 24.0 Å². The number of anilines is 1. The van der Waals surface area contributed by atoms with Crippen molar-refractivity contribution >= 4 is 38.9 Å². The van der Waals surface area contributed by atoms with E-state index in [-0.39, 0.29) is 22.2 Å². The molecule has 2 heterocycles. The summed E-state index contributed by atoms with van der Waals surface area (Å²) in [6.07, 6.45) is 0.354. The minimum Gasteiger partial charge on any atom is -0.465 e. The zero-order chi connectivity index (χ0) is 22.1. The van der Waals surface area contributed by atoms with Gasteiger partial charge >= 0.3 is 5.97 Å². The van der Waals surface area contributed by atoms with Gasteiger partial charge in [-0.3, -0.25) is 9.52 Å². The second-order valence-electron chi connectivity index (χ2n) is 6.99. The van der Waals surface area contributed by atoms with Gasteiger partial charge in [-0.25, -0.2) is 13.2 Å². The Hall–Kier alpha value is -2.83. The topological polar surface area (TPSA) is 92.8 Å². The van der Waals surface area contributed by atoms with E-state index in [1.165, 1.54) is 7.11 Å². The fourth-order valence-corrected chi connectivity index (χ4v) is 6.41.